The van der Waals surface area contributed by atoms with Gasteiger partial charge in [-0.05, 0) is 59.0 Å². The standard InChI is InChI=1S/C24H23N7O3S/c32-24(26-20-7-5-10-22(17-20)31-18-25-27-28-31)19-6-4-11-23(16-19)35(33,34)30-14-12-29(13-15-30)21-8-2-1-3-9-21/h1-11,16-18H,12-15H2,(H,26,32). The number of aromatic nitrogens is 4. The molecule has 10 nitrogen and oxygen atoms in total. The molecule has 1 fully saturated rings. The number of sulfonamides is 1. The Bertz CT molecular complexity index is 1420. The lowest BCUT2D eigenvalue weighted by Gasteiger charge is -2.35. The number of para-hydroxylation sites is 1. The largest absolute Gasteiger partial charge is 0.369 e. The van der Waals surface area contributed by atoms with Crippen LogP contribution in [0.3, 0.4) is 0 Å². The number of piperazine rings is 1. The molecule has 0 unspecified atom stereocenters. The van der Waals surface area contributed by atoms with Crippen molar-refractivity contribution in [3.8, 4) is 5.69 Å². The third-order valence-corrected chi connectivity index (χ3v) is 7.71. The van der Waals surface area contributed by atoms with E-state index in [9.17, 15) is 13.2 Å². The zero-order valence-electron chi connectivity index (χ0n) is 18.7. The topological polar surface area (TPSA) is 113 Å². The van der Waals surface area contributed by atoms with Crippen LogP contribution in [0.25, 0.3) is 5.69 Å². The molecule has 5 rings (SSSR count). The Hall–Kier alpha value is -4.09. The molecule has 11 heteroatoms. The van der Waals surface area contributed by atoms with Gasteiger partial charge in [0.15, 0.2) is 0 Å². The summed E-state index contributed by atoms with van der Waals surface area (Å²) in [5.41, 5.74) is 2.54. The molecular formula is C24H23N7O3S. The summed E-state index contributed by atoms with van der Waals surface area (Å²) in [6, 6.07) is 23.1. The maximum atomic E-state index is 13.3. The van der Waals surface area contributed by atoms with Crippen LogP contribution in [-0.4, -0.2) is 65.0 Å². The van der Waals surface area contributed by atoms with Crippen molar-refractivity contribution >= 4 is 27.3 Å². The fraction of sp³-hybridized carbons (Fsp3) is 0.167. The summed E-state index contributed by atoms with van der Waals surface area (Å²) in [5, 5.41) is 13.9. The molecule has 0 atom stereocenters. The summed E-state index contributed by atoms with van der Waals surface area (Å²) in [5.74, 6) is -0.412. The van der Waals surface area contributed by atoms with Gasteiger partial charge in [0, 0.05) is 43.1 Å². The van der Waals surface area contributed by atoms with Gasteiger partial charge in [-0.3, -0.25) is 4.79 Å². The van der Waals surface area contributed by atoms with E-state index < -0.39 is 15.9 Å². The van der Waals surface area contributed by atoms with Crippen LogP contribution in [0, 0.1) is 0 Å². The van der Waals surface area contributed by atoms with Crippen molar-refractivity contribution in [1.82, 2.24) is 24.5 Å². The second-order valence-electron chi connectivity index (χ2n) is 8.01. The highest BCUT2D eigenvalue weighted by Crippen LogP contribution is 2.22. The lowest BCUT2D eigenvalue weighted by Crippen LogP contribution is -2.48. The van der Waals surface area contributed by atoms with Crippen molar-refractivity contribution < 1.29 is 13.2 Å². The van der Waals surface area contributed by atoms with Crippen molar-refractivity contribution in [2.75, 3.05) is 36.4 Å². The Labute approximate surface area is 202 Å². The molecule has 0 saturated carbocycles. The van der Waals surface area contributed by atoms with E-state index in [0.29, 0.717) is 37.6 Å². The number of nitrogens with one attached hydrogen (secondary N) is 1. The molecular weight excluding hydrogens is 466 g/mol. The van der Waals surface area contributed by atoms with Crippen LogP contribution >= 0.6 is 0 Å². The molecule has 1 N–H and O–H groups in total. The van der Waals surface area contributed by atoms with E-state index in [2.05, 4.69) is 25.7 Å². The maximum Gasteiger partial charge on any atom is 0.255 e. The number of anilines is 2. The minimum absolute atomic E-state index is 0.0979. The number of carbonyl (C=O) groups excluding carboxylic acids is 1. The van der Waals surface area contributed by atoms with Gasteiger partial charge in [0.1, 0.15) is 6.33 Å². The lowest BCUT2D eigenvalue weighted by molar-refractivity contribution is 0.102. The van der Waals surface area contributed by atoms with Gasteiger partial charge in [-0.25, -0.2) is 13.1 Å². The Morgan fingerprint density at radius 2 is 1.57 bits per heavy atom. The molecule has 1 aromatic heterocycles. The van der Waals surface area contributed by atoms with E-state index in [1.165, 1.54) is 27.4 Å². The van der Waals surface area contributed by atoms with Gasteiger partial charge in [0.25, 0.3) is 5.91 Å². The van der Waals surface area contributed by atoms with Crippen molar-refractivity contribution in [3.05, 3.63) is 90.8 Å². The SMILES string of the molecule is O=C(Nc1cccc(-n2cnnn2)c1)c1cccc(S(=O)(=O)N2CCN(c3ccccc3)CC2)c1. The minimum Gasteiger partial charge on any atom is -0.369 e. The van der Waals surface area contributed by atoms with Crippen LogP contribution < -0.4 is 10.2 Å². The maximum absolute atomic E-state index is 13.3. The Morgan fingerprint density at radius 3 is 2.31 bits per heavy atom. The smallest absolute Gasteiger partial charge is 0.255 e. The molecule has 0 radical (unpaired) electrons. The molecule has 1 aliphatic rings. The zero-order valence-corrected chi connectivity index (χ0v) is 19.5. The van der Waals surface area contributed by atoms with Crippen LogP contribution in [0.5, 0.6) is 0 Å². The predicted octanol–water partition coefficient (Wildman–Crippen LogP) is 2.43. The highest BCUT2D eigenvalue weighted by atomic mass is 32.2. The first-order valence-corrected chi connectivity index (χ1v) is 12.5. The number of benzene rings is 3. The van der Waals surface area contributed by atoms with Gasteiger partial charge in [0.2, 0.25) is 10.0 Å². The minimum atomic E-state index is -3.73. The molecule has 2 heterocycles. The Balaban J connectivity index is 1.29. The van der Waals surface area contributed by atoms with Crippen molar-refractivity contribution in [2.24, 2.45) is 0 Å². The Kier molecular flexibility index (Phi) is 6.25. The first-order chi connectivity index (χ1) is 17.0. The van der Waals surface area contributed by atoms with Crippen LogP contribution in [-0.2, 0) is 10.0 Å². The Morgan fingerprint density at radius 1 is 0.829 bits per heavy atom. The van der Waals surface area contributed by atoms with Gasteiger partial charge < -0.3 is 10.2 Å². The van der Waals surface area contributed by atoms with E-state index in [0.717, 1.165) is 5.69 Å². The van der Waals surface area contributed by atoms with Gasteiger partial charge in [-0.15, -0.1) is 5.10 Å². The van der Waals surface area contributed by atoms with E-state index in [-0.39, 0.29) is 10.5 Å². The second kappa shape index (κ2) is 9.65. The average molecular weight is 490 g/mol. The summed E-state index contributed by atoms with van der Waals surface area (Å²) in [7, 11) is -3.73. The summed E-state index contributed by atoms with van der Waals surface area (Å²) < 4.78 is 29.5. The number of carbonyl (C=O) groups is 1. The molecule has 35 heavy (non-hydrogen) atoms. The zero-order chi connectivity index (χ0) is 24.3. The molecule has 0 bridgehead atoms. The monoisotopic (exact) mass is 489 g/mol. The predicted molar refractivity (Wildman–Crippen MR) is 131 cm³/mol. The molecule has 1 saturated heterocycles. The van der Waals surface area contributed by atoms with Crippen molar-refractivity contribution in [3.63, 3.8) is 0 Å². The summed E-state index contributed by atoms with van der Waals surface area (Å²) in [6.07, 6.45) is 1.45. The molecule has 178 valence electrons. The fourth-order valence-corrected chi connectivity index (χ4v) is 5.45. The van der Waals surface area contributed by atoms with E-state index >= 15 is 0 Å². The van der Waals surface area contributed by atoms with Crippen LogP contribution in [0.1, 0.15) is 10.4 Å². The third-order valence-electron chi connectivity index (χ3n) is 5.81. The third kappa shape index (κ3) is 4.91. The molecule has 0 spiro atoms. The van der Waals surface area contributed by atoms with Crippen LogP contribution in [0.4, 0.5) is 11.4 Å². The van der Waals surface area contributed by atoms with E-state index in [4.69, 9.17) is 0 Å². The summed E-state index contributed by atoms with van der Waals surface area (Å²) >= 11 is 0. The van der Waals surface area contributed by atoms with Crippen molar-refractivity contribution in [1.29, 1.82) is 0 Å². The molecule has 4 aromatic rings. The van der Waals surface area contributed by atoms with Crippen molar-refractivity contribution in [2.45, 2.75) is 4.90 Å². The fourth-order valence-electron chi connectivity index (χ4n) is 3.98. The highest BCUT2D eigenvalue weighted by Gasteiger charge is 2.29. The van der Waals surface area contributed by atoms with E-state index in [1.54, 1.807) is 36.4 Å². The van der Waals surface area contributed by atoms with Gasteiger partial charge in [-0.1, -0.05) is 30.3 Å². The van der Waals surface area contributed by atoms with Gasteiger partial charge in [0.05, 0.1) is 10.6 Å². The van der Waals surface area contributed by atoms with Crippen LogP contribution in [0.15, 0.2) is 90.1 Å². The quantitative estimate of drug-likeness (QED) is 0.443. The molecule has 1 aliphatic heterocycles. The lowest BCUT2D eigenvalue weighted by atomic mass is 10.2. The molecule has 0 aliphatic carbocycles. The van der Waals surface area contributed by atoms with Gasteiger partial charge in [-0.2, -0.15) is 4.31 Å². The average Bonchev–Trinajstić information content (AvgIpc) is 3.45. The number of nitrogens with zero attached hydrogens (tertiary/aromatic N) is 6. The summed E-state index contributed by atoms with van der Waals surface area (Å²) in [6.45, 7) is 1.94. The first-order valence-electron chi connectivity index (χ1n) is 11.1. The normalized spacial score (nSPS) is 14.6. The van der Waals surface area contributed by atoms with E-state index in [1.807, 2.05) is 30.3 Å². The number of amides is 1. The number of rotatable bonds is 6. The number of tetrazole rings is 1. The molecule has 3 aromatic carbocycles. The van der Waals surface area contributed by atoms with Crippen LogP contribution in [0.2, 0.25) is 0 Å². The first kappa shape index (κ1) is 22.7. The second-order valence-corrected chi connectivity index (χ2v) is 9.95. The molecule has 1 amide bonds. The number of hydrogen-bond donors (Lipinski definition) is 1. The highest BCUT2D eigenvalue weighted by molar-refractivity contribution is 7.89. The summed E-state index contributed by atoms with van der Waals surface area (Å²) in [4.78, 5) is 15.2. The number of hydrogen-bond acceptors (Lipinski definition) is 7. The van der Waals surface area contributed by atoms with Gasteiger partial charge >= 0.3 is 0 Å².